The lowest BCUT2D eigenvalue weighted by molar-refractivity contribution is -0.121. The maximum atomic E-state index is 13.5. The molecule has 4 rings (SSSR count). The highest BCUT2D eigenvalue weighted by Crippen LogP contribution is 2.39. The van der Waals surface area contributed by atoms with E-state index in [1.54, 1.807) is 0 Å². The van der Waals surface area contributed by atoms with Crippen molar-refractivity contribution >= 4 is 29.3 Å². The van der Waals surface area contributed by atoms with E-state index in [9.17, 15) is 9.59 Å². The summed E-state index contributed by atoms with van der Waals surface area (Å²) in [6.07, 6.45) is 5.38. The van der Waals surface area contributed by atoms with Gasteiger partial charge >= 0.3 is 0 Å². The molecule has 0 atom stereocenters. The van der Waals surface area contributed by atoms with Crippen molar-refractivity contribution in [1.82, 2.24) is 4.90 Å². The fourth-order valence-electron chi connectivity index (χ4n) is 4.00. The minimum absolute atomic E-state index is 0.194. The number of carbonyl (C=O) groups is 2. The van der Waals surface area contributed by atoms with Crippen LogP contribution in [0.1, 0.15) is 43.7 Å². The zero-order chi connectivity index (χ0) is 21.1. The Labute approximate surface area is 182 Å². The minimum Gasteiger partial charge on any atom is -0.366 e. The summed E-state index contributed by atoms with van der Waals surface area (Å²) in [5.74, 6) is -0.408. The normalized spacial score (nSPS) is 17.7. The standard InChI is InChI=1S/C25H28N2O2S/c1-3-19-10-12-20(13-11-19)27-24(28)22(26-16-6-4-5-7-17-26)23(25(27)29)30-21-14-8-18(2)9-15-21/h8-15H,3-7,16-17H2,1-2H3. The van der Waals surface area contributed by atoms with Gasteiger partial charge in [-0.2, -0.15) is 0 Å². The van der Waals surface area contributed by atoms with E-state index in [0.29, 0.717) is 16.3 Å². The zero-order valence-electron chi connectivity index (χ0n) is 17.7. The van der Waals surface area contributed by atoms with Gasteiger partial charge in [0.15, 0.2) is 0 Å². The monoisotopic (exact) mass is 420 g/mol. The number of likely N-dealkylation sites (tertiary alicyclic amines) is 1. The smallest absolute Gasteiger partial charge is 0.283 e. The van der Waals surface area contributed by atoms with Crippen LogP contribution in [0.3, 0.4) is 0 Å². The maximum absolute atomic E-state index is 13.5. The topological polar surface area (TPSA) is 40.6 Å². The molecule has 2 aromatic carbocycles. The van der Waals surface area contributed by atoms with Crippen LogP contribution in [0.5, 0.6) is 0 Å². The number of carbonyl (C=O) groups excluding carboxylic acids is 2. The molecule has 0 radical (unpaired) electrons. The van der Waals surface area contributed by atoms with Crippen LogP contribution in [0.15, 0.2) is 64.0 Å². The first-order valence-electron chi connectivity index (χ1n) is 10.8. The Morgan fingerprint density at radius 3 is 2.07 bits per heavy atom. The van der Waals surface area contributed by atoms with Crippen molar-refractivity contribution in [3.05, 3.63) is 70.3 Å². The van der Waals surface area contributed by atoms with E-state index < -0.39 is 0 Å². The first-order valence-corrected chi connectivity index (χ1v) is 11.6. The predicted octanol–water partition coefficient (Wildman–Crippen LogP) is 5.31. The third kappa shape index (κ3) is 4.17. The van der Waals surface area contributed by atoms with E-state index in [1.165, 1.54) is 40.6 Å². The van der Waals surface area contributed by atoms with Crippen LogP contribution in [-0.2, 0) is 16.0 Å². The van der Waals surface area contributed by atoms with Crippen molar-refractivity contribution in [3.8, 4) is 0 Å². The van der Waals surface area contributed by atoms with Crippen LogP contribution >= 0.6 is 11.8 Å². The highest BCUT2D eigenvalue weighted by Gasteiger charge is 2.42. The molecule has 4 nitrogen and oxygen atoms in total. The molecule has 0 bridgehead atoms. The molecule has 0 saturated carbocycles. The molecule has 1 fully saturated rings. The maximum Gasteiger partial charge on any atom is 0.283 e. The van der Waals surface area contributed by atoms with Crippen molar-refractivity contribution in [2.24, 2.45) is 0 Å². The van der Waals surface area contributed by atoms with Gasteiger partial charge in [-0.3, -0.25) is 9.59 Å². The SMILES string of the molecule is CCc1ccc(N2C(=O)C(Sc3ccc(C)cc3)=C(N3CCCCCC3)C2=O)cc1. The number of amides is 2. The molecular formula is C25H28N2O2S. The summed E-state index contributed by atoms with van der Waals surface area (Å²) < 4.78 is 0. The van der Waals surface area contributed by atoms with E-state index in [1.807, 2.05) is 55.5 Å². The van der Waals surface area contributed by atoms with Gasteiger partial charge in [-0.05, 0) is 56.0 Å². The van der Waals surface area contributed by atoms with Gasteiger partial charge in [0.1, 0.15) is 10.6 Å². The summed E-state index contributed by atoms with van der Waals surface area (Å²) in [5, 5.41) is 0. The molecule has 2 aromatic rings. The van der Waals surface area contributed by atoms with Crippen LogP contribution in [0.25, 0.3) is 0 Å². The van der Waals surface area contributed by atoms with E-state index >= 15 is 0 Å². The van der Waals surface area contributed by atoms with Crippen molar-refractivity contribution in [2.45, 2.75) is 50.8 Å². The van der Waals surface area contributed by atoms with E-state index in [-0.39, 0.29) is 11.8 Å². The molecule has 2 amide bonds. The molecule has 2 heterocycles. The third-order valence-electron chi connectivity index (χ3n) is 5.78. The fraction of sp³-hybridized carbons (Fsp3) is 0.360. The van der Waals surface area contributed by atoms with E-state index in [2.05, 4.69) is 11.8 Å². The summed E-state index contributed by atoms with van der Waals surface area (Å²) in [6.45, 7) is 5.79. The van der Waals surface area contributed by atoms with Crippen LogP contribution in [0.4, 0.5) is 5.69 Å². The van der Waals surface area contributed by atoms with Gasteiger partial charge < -0.3 is 4.90 Å². The second-order valence-electron chi connectivity index (χ2n) is 7.96. The number of anilines is 1. The predicted molar refractivity (Wildman–Crippen MR) is 122 cm³/mol. The zero-order valence-corrected chi connectivity index (χ0v) is 18.5. The number of benzene rings is 2. The number of imide groups is 1. The summed E-state index contributed by atoms with van der Waals surface area (Å²) in [7, 11) is 0. The quantitative estimate of drug-likeness (QED) is 0.615. The Morgan fingerprint density at radius 1 is 0.833 bits per heavy atom. The van der Waals surface area contributed by atoms with Gasteiger partial charge in [0, 0.05) is 18.0 Å². The van der Waals surface area contributed by atoms with Crippen molar-refractivity contribution < 1.29 is 9.59 Å². The number of thioether (sulfide) groups is 1. The van der Waals surface area contributed by atoms with Crippen LogP contribution in [0.2, 0.25) is 0 Å². The summed E-state index contributed by atoms with van der Waals surface area (Å²) in [5.41, 5.74) is 3.58. The molecule has 156 valence electrons. The lowest BCUT2D eigenvalue weighted by atomic mass is 10.1. The molecule has 0 N–H and O–H groups in total. The Kier molecular flexibility index (Phi) is 6.28. The van der Waals surface area contributed by atoms with Gasteiger partial charge in [-0.1, -0.05) is 61.4 Å². The largest absolute Gasteiger partial charge is 0.366 e. The first-order chi connectivity index (χ1) is 14.6. The van der Waals surface area contributed by atoms with Gasteiger partial charge in [0.05, 0.1) is 5.69 Å². The highest BCUT2D eigenvalue weighted by molar-refractivity contribution is 8.04. The van der Waals surface area contributed by atoms with Crippen molar-refractivity contribution in [1.29, 1.82) is 0 Å². The molecule has 0 spiro atoms. The molecule has 2 aliphatic heterocycles. The molecule has 1 saturated heterocycles. The van der Waals surface area contributed by atoms with E-state index in [4.69, 9.17) is 0 Å². The molecule has 0 aliphatic carbocycles. The first kappa shape index (κ1) is 20.7. The average molecular weight is 421 g/mol. The lowest BCUT2D eigenvalue weighted by Gasteiger charge is -2.24. The molecular weight excluding hydrogens is 392 g/mol. The number of aryl methyl sites for hydroxylation is 2. The molecule has 2 aliphatic rings. The molecule has 0 aromatic heterocycles. The van der Waals surface area contributed by atoms with Gasteiger partial charge in [0.25, 0.3) is 11.8 Å². The Morgan fingerprint density at radius 2 is 1.47 bits per heavy atom. The number of rotatable bonds is 5. The number of hydrogen-bond acceptors (Lipinski definition) is 4. The van der Waals surface area contributed by atoms with Crippen LogP contribution < -0.4 is 4.90 Å². The third-order valence-corrected chi connectivity index (χ3v) is 6.86. The Hall–Kier alpha value is -2.53. The van der Waals surface area contributed by atoms with Crippen molar-refractivity contribution in [3.63, 3.8) is 0 Å². The summed E-state index contributed by atoms with van der Waals surface area (Å²) in [4.78, 5) is 32.0. The molecule has 30 heavy (non-hydrogen) atoms. The van der Waals surface area contributed by atoms with Crippen LogP contribution in [0, 0.1) is 6.92 Å². The Balaban J connectivity index is 1.71. The van der Waals surface area contributed by atoms with Gasteiger partial charge in [0.2, 0.25) is 0 Å². The van der Waals surface area contributed by atoms with Gasteiger partial charge in [-0.25, -0.2) is 4.90 Å². The summed E-state index contributed by atoms with van der Waals surface area (Å²) in [6, 6.07) is 15.9. The number of hydrogen-bond donors (Lipinski definition) is 0. The summed E-state index contributed by atoms with van der Waals surface area (Å²) >= 11 is 1.41. The lowest BCUT2D eigenvalue weighted by Crippen LogP contribution is -2.35. The number of nitrogens with zero attached hydrogens (tertiary/aromatic N) is 2. The molecule has 0 unspecified atom stereocenters. The second kappa shape index (κ2) is 9.09. The van der Waals surface area contributed by atoms with E-state index in [0.717, 1.165) is 37.2 Å². The average Bonchev–Trinajstić information content (AvgIpc) is 2.93. The fourth-order valence-corrected chi connectivity index (χ4v) is 5.00. The van der Waals surface area contributed by atoms with Gasteiger partial charge in [-0.15, -0.1) is 0 Å². The highest BCUT2D eigenvalue weighted by atomic mass is 32.2. The Bertz CT molecular complexity index is 956. The molecule has 5 heteroatoms. The second-order valence-corrected chi connectivity index (χ2v) is 9.04. The minimum atomic E-state index is -0.214. The van der Waals surface area contributed by atoms with Crippen LogP contribution in [-0.4, -0.2) is 29.8 Å². The van der Waals surface area contributed by atoms with Crippen molar-refractivity contribution in [2.75, 3.05) is 18.0 Å².